The number of hydrogen-bond donors (Lipinski definition) is 4. The van der Waals surface area contributed by atoms with Crippen LogP contribution in [0.3, 0.4) is 0 Å². The second-order valence-electron chi connectivity index (χ2n) is 6.58. The summed E-state index contributed by atoms with van der Waals surface area (Å²) in [6.07, 6.45) is 0.466. The van der Waals surface area contributed by atoms with E-state index in [0.29, 0.717) is 33.6 Å². The summed E-state index contributed by atoms with van der Waals surface area (Å²) in [5.74, 6) is -0.734. The van der Waals surface area contributed by atoms with E-state index in [1.807, 2.05) is 0 Å². The molecule has 0 bridgehead atoms. The van der Waals surface area contributed by atoms with Gasteiger partial charge in [0.2, 0.25) is 12.6 Å². The van der Waals surface area contributed by atoms with Crippen LogP contribution in [0.2, 0.25) is 12.6 Å². The monoisotopic (exact) mass is 430 g/mol. The van der Waals surface area contributed by atoms with E-state index in [9.17, 15) is 18.8 Å². The first-order chi connectivity index (χ1) is 14.5. The number of nitrogens with one attached hydrogen (secondary N) is 2. The third-order valence-electron chi connectivity index (χ3n) is 4.75. The van der Waals surface area contributed by atoms with Crippen molar-refractivity contribution in [2.24, 2.45) is 10.9 Å². The van der Waals surface area contributed by atoms with E-state index in [1.165, 1.54) is 7.05 Å². The van der Waals surface area contributed by atoms with Gasteiger partial charge in [-0.3, -0.25) is 9.93 Å². The molecule has 30 heavy (non-hydrogen) atoms. The van der Waals surface area contributed by atoms with Crippen molar-refractivity contribution in [2.45, 2.75) is 30.6 Å². The maximum atomic E-state index is 14.4. The number of carbonyl (C=O) groups excluding carboxylic acids is 3. The summed E-state index contributed by atoms with van der Waals surface area (Å²) in [6, 6.07) is 9.98. The lowest BCUT2D eigenvalue weighted by atomic mass is 9.40. The first-order valence-corrected chi connectivity index (χ1v) is 10.2. The summed E-state index contributed by atoms with van der Waals surface area (Å²) in [4.78, 5) is 36.1. The lowest BCUT2D eigenvalue weighted by Crippen LogP contribution is -2.33. The van der Waals surface area contributed by atoms with Crippen molar-refractivity contribution in [3.8, 4) is 0 Å². The van der Waals surface area contributed by atoms with E-state index >= 15 is 0 Å². The molecule has 158 valence electrons. The fraction of sp³-hybridized carbons (Fsp3) is 0.250. The fourth-order valence-electron chi connectivity index (χ4n) is 3.12. The zero-order valence-corrected chi connectivity index (χ0v) is 17.4. The summed E-state index contributed by atoms with van der Waals surface area (Å²) < 4.78 is 14.4. The predicted molar refractivity (Wildman–Crippen MR) is 118 cm³/mol. The smallest absolute Gasteiger partial charge is 0.246 e. The molecule has 0 spiro atoms. The van der Waals surface area contributed by atoms with Crippen LogP contribution in [0.5, 0.6) is 0 Å². The Balaban J connectivity index is 2.30. The Labute approximate surface area is 179 Å². The molecule has 0 heterocycles. The van der Waals surface area contributed by atoms with Gasteiger partial charge in [0.1, 0.15) is 17.8 Å². The Morgan fingerprint density at radius 3 is 2.60 bits per heavy atom. The zero-order chi connectivity index (χ0) is 22.1. The third-order valence-corrected chi connectivity index (χ3v) is 5.32. The number of aldehydes is 1. The molecule has 0 aromatic heterocycles. The average molecular weight is 430 g/mol. The Hall–Kier alpha value is -2.69. The summed E-state index contributed by atoms with van der Waals surface area (Å²) in [6.45, 7) is -0.557. The summed E-state index contributed by atoms with van der Waals surface area (Å²) in [7, 11) is 1.47. The molecular weight excluding hydrogens is 406 g/mol. The molecule has 1 amide bonds. The number of halogens is 1. The van der Waals surface area contributed by atoms with Crippen molar-refractivity contribution in [3.63, 3.8) is 0 Å². The Kier molecular flexibility index (Phi) is 9.03. The molecule has 0 aliphatic carbocycles. The molecule has 2 aromatic rings. The molecule has 2 rings (SSSR count). The second kappa shape index (κ2) is 11.5. The Morgan fingerprint density at radius 2 is 1.97 bits per heavy atom. The van der Waals surface area contributed by atoms with Crippen LogP contribution in [0.4, 0.5) is 10.1 Å². The first-order valence-electron chi connectivity index (χ1n) is 9.35. The topological polar surface area (TPSA) is 127 Å². The number of hydrogen-bond acceptors (Lipinski definition) is 7. The van der Waals surface area contributed by atoms with Gasteiger partial charge in [0.15, 0.2) is 0 Å². The lowest BCUT2D eigenvalue weighted by molar-refractivity contribution is -0.118. The highest BCUT2D eigenvalue weighted by Gasteiger charge is 2.28. The molecule has 2 aromatic carbocycles. The normalized spacial score (nSPS) is 10.4. The molecule has 0 aliphatic heterocycles. The molecule has 7 nitrogen and oxygen atoms in total. The van der Waals surface area contributed by atoms with Crippen molar-refractivity contribution in [1.82, 2.24) is 5.32 Å². The number of amides is 1. The van der Waals surface area contributed by atoms with Gasteiger partial charge in [-0.05, 0) is 36.0 Å². The van der Waals surface area contributed by atoms with Crippen LogP contribution >= 0.6 is 11.9 Å². The number of benzene rings is 2. The molecule has 6 N–H and O–H groups in total. The van der Waals surface area contributed by atoms with E-state index in [2.05, 4.69) is 10.6 Å². The van der Waals surface area contributed by atoms with Crippen LogP contribution in [0.15, 0.2) is 41.3 Å². The third kappa shape index (κ3) is 5.68. The summed E-state index contributed by atoms with van der Waals surface area (Å²) in [5, 5.41) is 11.1. The number of rotatable bonds is 11. The van der Waals surface area contributed by atoms with Crippen LogP contribution in [-0.4, -0.2) is 31.6 Å². The molecule has 10 heteroatoms. The van der Waals surface area contributed by atoms with Gasteiger partial charge in [0, 0.05) is 43.3 Å². The number of anilines is 1. The van der Waals surface area contributed by atoms with Crippen molar-refractivity contribution >= 4 is 42.2 Å². The van der Waals surface area contributed by atoms with Gasteiger partial charge in [-0.15, -0.1) is 0 Å². The van der Waals surface area contributed by atoms with E-state index in [-0.39, 0.29) is 37.3 Å². The van der Waals surface area contributed by atoms with Crippen molar-refractivity contribution in [2.75, 3.05) is 12.4 Å². The average Bonchev–Trinajstić information content (AvgIpc) is 2.77. The highest BCUT2D eigenvalue weighted by atomic mass is 32.2. The Bertz CT molecular complexity index is 929. The van der Waals surface area contributed by atoms with Crippen LogP contribution in [0.1, 0.15) is 21.5 Å². The summed E-state index contributed by atoms with van der Waals surface area (Å²) >= 11 is 0.831. The quantitative estimate of drug-likeness (QED) is 0.244. The van der Waals surface area contributed by atoms with E-state index in [0.717, 1.165) is 11.9 Å². The van der Waals surface area contributed by atoms with Crippen LogP contribution < -0.4 is 21.5 Å². The highest BCUT2D eigenvalue weighted by molar-refractivity contribution is 7.97. The van der Waals surface area contributed by atoms with Gasteiger partial charge in [0.25, 0.3) is 0 Å². The SMILES string of the molecule is CNC(=O)CB(CC=O)C(=O)c1cccc(NCc2cccc(SN)c2F)c1CN. The molecule has 0 radical (unpaired) electrons. The van der Waals surface area contributed by atoms with Gasteiger partial charge < -0.3 is 26.0 Å². The first kappa shape index (κ1) is 23.6. The predicted octanol–water partition coefficient (Wildman–Crippen LogP) is 2.02. The lowest BCUT2D eigenvalue weighted by Gasteiger charge is -2.17. The number of nitrogens with two attached hydrogens (primary N) is 2. The van der Waals surface area contributed by atoms with Crippen molar-refractivity contribution < 1.29 is 18.8 Å². The van der Waals surface area contributed by atoms with Crippen LogP contribution in [0, 0.1) is 5.82 Å². The molecule has 0 saturated heterocycles. The van der Waals surface area contributed by atoms with E-state index in [1.54, 1.807) is 36.4 Å². The minimum Gasteiger partial charge on any atom is -0.381 e. The van der Waals surface area contributed by atoms with Crippen molar-refractivity contribution in [1.29, 1.82) is 0 Å². The molecular formula is C20H24BFN4O3S. The van der Waals surface area contributed by atoms with E-state index in [4.69, 9.17) is 10.9 Å². The van der Waals surface area contributed by atoms with Gasteiger partial charge in [-0.2, -0.15) is 0 Å². The van der Waals surface area contributed by atoms with E-state index < -0.39 is 12.5 Å². The highest BCUT2D eigenvalue weighted by Crippen LogP contribution is 2.25. The molecule has 0 unspecified atom stereocenters. The molecule has 0 fully saturated rings. The Morgan fingerprint density at radius 1 is 1.23 bits per heavy atom. The molecule has 0 aliphatic rings. The zero-order valence-electron chi connectivity index (χ0n) is 16.6. The largest absolute Gasteiger partial charge is 0.381 e. The standard InChI is InChI=1S/C20H24BFN4O3S/c1-25-18(28)10-21(8-9-27)20(29)14-5-3-6-16(15(14)11-23)26-12-13-4-2-7-17(30-24)19(13)22/h2-7,9,26H,8,10-12,23-24H2,1H3,(H,25,28). The second-order valence-corrected chi connectivity index (χ2v) is 7.25. The maximum Gasteiger partial charge on any atom is 0.246 e. The summed E-state index contributed by atoms with van der Waals surface area (Å²) in [5.41, 5.74) is 7.45. The van der Waals surface area contributed by atoms with Crippen LogP contribution in [0.25, 0.3) is 0 Å². The van der Waals surface area contributed by atoms with Gasteiger partial charge in [-0.1, -0.05) is 24.3 Å². The fourth-order valence-corrected chi connectivity index (χ4v) is 3.51. The van der Waals surface area contributed by atoms with Gasteiger partial charge in [0.05, 0.1) is 4.90 Å². The minimum absolute atomic E-state index is 0.0548. The minimum atomic E-state index is -0.779. The van der Waals surface area contributed by atoms with Crippen LogP contribution in [-0.2, 0) is 22.7 Å². The van der Waals surface area contributed by atoms with Crippen molar-refractivity contribution in [3.05, 3.63) is 58.9 Å². The van der Waals surface area contributed by atoms with Gasteiger partial charge >= 0.3 is 0 Å². The molecule has 0 saturated carbocycles. The molecule has 0 atom stereocenters. The number of carbonyl (C=O) groups is 3. The maximum absolute atomic E-state index is 14.4. The van der Waals surface area contributed by atoms with Gasteiger partial charge in [-0.25, -0.2) is 4.39 Å².